The first-order chi connectivity index (χ1) is 8.18. The summed E-state index contributed by atoms with van der Waals surface area (Å²) in [4.78, 5) is 4.22. The molecule has 0 radical (unpaired) electrons. The van der Waals surface area contributed by atoms with E-state index < -0.39 is 0 Å². The lowest BCUT2D eigenvalue weighted by atomic mass is 9.93. The molecule has 0 aliphatic carbocycles. The Kier molecular flexibility index (Phi) is 3.89. The number of thiazole rings is 1. The van der Waals surface area contributed by atoms with Crippen molar-refractivity contribution in [3.8, 4) is 0 Å². The van der Waals surface area contributed by atoms with Crippen molar-refractivity contribution in [1.29, 1.82) is 0 Å². The van der Waals surface area contributed by atoms with Gasteiger partial charge >= 0.3 is 0 Å². The van der Waals surface area contributed by atoms with Crippen LogP contribution in [0.3, 0.4) is 0 Å². The third-order valence-electron chi connectivity index (χ3n) is 2.69. The summed E-state index contributed by atoms with van der Waals surface area (Å²) in [7, 11) is 0. The smallest absolute Gasteiger partial charge is 0.106 e. The molecule has 1 aromatic heterocycles. The molecule has 4 heteroatoms. The number of hydrogen-bond acceptors (Lipinski definition) is 4. The largest absolute Gasteiger partial charge is 0.321 e. The van der Waals surface area contributed by atoms with Crippen molar-refractivity contribution < 1.29 is 0 Å². The summed E-state index contributed by atoms with van der Waals surface area (Å²) < 4.78 is 0. The van der Waals surface area contributed by atoms with Crippen LogP contribution in [0.15, 0.2) is 41.9 Å². The first-order valence-corrected chi connectivity index (χ1v) is 6.50. The minimum absolute atomic E-state index is 0.349. The molecule has 1 aromatic carbocycles. The fourth-order valence-electron chi connectivity index (χ4n) is 1.69. The molecule has 0 bridgehead atoms. The van der Waals surface area contributed by atoms with Gasteiger partial charge in [-0.3, -0.25) is 0 Å². The third-order valence-corrected chi connectivity index (χ3v) is 3.46. The zero-order valence-electron chi connectivity index (χ0n) is 9.89. The van der Waals surface area contributed by atoms with Crippen LogP contribution in [0.25, 0.3) is 0 Å². The monoisotopic (exact) mass is 247 g/mol. The summed E-state index contributed by atoms with van der Waals surface area (Å²) in [6.45, 7) is 3.55. The molecule has 3 nitrogen and oxygen atoms in total. The molecule has 1 heterocycles. The van der Waals surface area contributed by atoms with Crippen molar-refractivity contribution in [3.63, 3.8) is 0 Å². The van der Waals surface area contributed by atoms with E-state index in [-0.39, 0.29) is 5.54 Å². The summed E-state index contributed by atoms with van der Waals surface area (Å²) in [5, 5.41) is 6.42. The van der Waals surface area contributed by atoms with Gasteiger partial charge in [0.15, 0.2) is 0 Å². The van der Waals surface area contributed by atoms with Crippen LogP contribution in [0.1, 0.15) is 17.5 Å². The van der Waals surface area contributed by atoms with E-state index >= 15 is 0 Å². The van der Waals surface area contributed by atoms with Crippen LogP contribution < -0.4 is 11.1 Å². The highest BCUT2D eigenvalue weighted by atomic mass is 32.1. The predicted octanol–water partition coefficient (Wildman–Crippen LogP) is 2.11. The van der Waals surface area contributed by atoms with E-state index in [0.717, 1.165) is 23.7 Å². The maximum Gasteiger partial charge on any atom is 0.106 e. The van der Waals surface area contributed by atoms with E-state index in [1.807, 2.05) is 36.7 Å². The van der Waals surface area contributed by atoms with Gasteiger partial charge in [0.05, 0.1) is 5.54 Å². The fourth-order valence-corrected chi connectivity index (χ4v) is 2.28. The van der Waals surface area contributed by atoms with Crippen LogP contribution >= 0.6 is 11.3 Å². The topological polar surface area (TPSA) is 50.9 Å². The van der Waals surface area contributed by atoms with Gasteiger partial charge in [0.2, 0.25) is 0 Å². The van der Waals surface area contributed by atoms with Crippen LogP contribution in [-0.4, -0.2) is 11.5 Å². The highest BCUT2D eigenvalue weighted by Gasteiger charge is 2.20. The molecule has 90 valence electrons. The number of nitrogens with zero attached hydrogens (tertiary/aromatic N) is 1. The molecule has 0 amide bonds. The third kappa shape index (κ3) is 3.36. The maximum atomic E-state index is 6.30. The molecular weight excluding hydrogens is 230 g/mol. The maximum absolute atomic E-state index is 6.30. The SMILES string of the molecule is CC(N)(CNCc1nccs1)c1ccccc1. The Bertz CT molecular complexity index is 437. The highest BCUT2D eigenvalue weighted by molar-refractivity contribution is 7.09. The number of rotatable bonds is 5. The van der Waals surface area contributed by atoms with Crippen molar-refractivity contribution in [2.75, 3.05) is 6.54 Å². The lowest BCUT2D eigenvalue weighted by Crippen LogP contribution is -2.43. The van der Waals surface area contributed by atoms with E-state index in [9.17, 15) is 0 Å². The lowest BCUT2D eigenvalue weighted by molar-refractivity contribution is 0.445. The molecule has 1 unspecified atom stereocenters. The van der Waals surface area contributed by atoms with Crippen molar-refractivity contribution in [3.05, 3.63) is 52.5 Å². The van der Waals surface area contributed by atoms with Gasteiger partial charge in [-0.15, -0.1) is 11.3 Å². The van der Waals surface area contributed by atoms with Crippen molar-refractivity contribution in [2.45, 2.75) is 19.0 Å². The van der Waals surface area contributed by atoms with Gasteiger partial charge in [-0.2, -0.15) is 0 Å². The van der Waals surface area contributed by atoms with Gasteiger partial charge in [0, 0.05) is 24.7 Å². The molecule has 0 fully saturated rings. The first-order valence-electron chi connectivity index (χ1n) is 5.62. The van der Waals surface area contributed by atoms with Gasteiger partial charge in [-0.25, -0.2) is 4.98 Å². The molecule has 0 spiro atoms. The van der Waals surface area contributed by atoms with Gasteiger partial charge in [0.1, 0.15) is 5.01 Å². The van der Waals surface area contributed by atoms with Crippen molar-refractivity contribution >= 4 is 11.3 Å². The van der Waals surface area contributed by atoms with Crippen LogP contribution in [0, 0.1) is 0 Å². The lowest BCUT2D eigenvalue weighted by Gasteiger charge is -2.25. The number of nitrogens with one attached hydrogen (secondary N) is 1. The number of benzene rings is 1. The first kappa shape index (κ1) is 12.2. The normalized spacial score (nSPS) is 14.5. The summed E-state index contributed by atoms with van der Waals surface area (Å²) in [5.41, 5.74) is 7.09. The van der Waals surface area contributed by atoms with Crippen LogP contribution in [0.5, 0.6) is 0 Å². The quantitative estimate of drug-likeness (QED) is 0.851. The van der Waals surface area contributed by atoms with E-state index in [1.54, 1.807) is 11.3 Å². The second kappa shape index (κ2) is 5.40. The zero-order chi connectivity index (χ0) is 12.1. The number of nitrogens with two attached hydrogens (primary N) is 1. The van der Waals surface area contributed by atoms with Gasteiger partial charge in [-0.1, -0.05) is 30.3 Å². The van der Waals surface area contributed by atoms with Crippen LogP contribution in [0.4, 0.5) is 0 Å². The minimum Gasteiger partial charge on any atom is -0.321 e. The number of hydrogen-bond donors (Lipinski definition) is 2. The second-order valence-corrected chi connectivity index (χ2v) is 5.29. The second-order valence-electron chi connectivity index (χ2n) is 4.31. The van der Waals surface area contributed by atoms with E-state index in [1.165, 1.54) is 0 Å². The molecule has 1 atom stereocenters. The summed E-state index contributed by atoms with van der Waals surface area (Å²) in [6.07, 6.45) is 1.82. The van der Waals surface area contributed by atoms with Crippen molar-refractivity contribution in [1.82, 2.24) is 10.3 Å². The Balaban J connectivity index is 1.90. The molecule has 3 N–H and O–H groups in total. The number of aromatic nitrogens is 1. The molecule has 17 heavy (non-hydrogen) atoms. The van der Waals surface area contributed by atoms with Gasteiger partial charge in [0.25, 0.3) is 0 Å². The van der Waals surface area contributed by atoms with E-state index in [4.69, 9.17) is 5.73 Å². The molecule has 0 aliphatic heterocycles. The fraction of sp³-hybridized carbons (Fsp3) is 0.308. The standard InChI is InChI=1S/C13H17N3S/c1-13(14,11-5-3-2-4-6-11)10-15-9-12-16-7-8-17-12/h2-8,15H,9-10,14H2,1H3. The summed E-state index contributed by atoms with van der Waals surface area (Å²) >= 11 is 1.65. The van der Waals surface area contributed by atoms with Gasteiger partial charge in [-0.05, 0) is 12.5 Å². The van der Waals surface area contributed by atoms with E-state index in [2.05, 4.69) is 22.4 Å². The minimum atomic E-state index is -0.349. The average Bonchev–Trinajstić information content (AvgIpc) is 2.83. The highest BCUT2D eigenvalue weighted by Crippen LogP contribution is 2.16. The molecule has 2 aromatic rings. The Morgan fingerprint density at radius 2 is 2.12 bits per heavy atom. The zero-order valence-corrected chi connectivity index (χ0v) is 10.7. The molecule has 0 saturated carbocycles. The molecule has 0 aliphatic rings. The summed E-state index contributed by atoms with van der Waals surface area (Å²) in [6, 6.07) is 10.2. The summed E-state index contributed by atoms with van der Waals surface area (Å²) in [5.74, 6) is 0. The van der Waals surface area contributed by atoms with Gasteiger partial charge < -0.3 is 11.1 Å². The predicted molar refractivity (Wildman–Crippen MR) is 71.8 cm³/mol. The van der Waals surface area contributed by atoms with Crippen LogP contribution in [-0.2, 0) is 12.1 Å². The molecule has 2 rings (SSSR count). The Labute approximate surface area is 106 Å². The average molecular weight is 247 g/mol. The molecule has 0 saturated heterocycles. The van der Waals surface area contributed by atoms with Crippen LogP contribution in [0.2, 0.25) is 0 Å². The Morgan fingerprint density at radius 1 is 1.35 bits per heavy atom. The Hall–Kier alpha value is -1.23. The van der Waals surface area contributed by atoms with E-state index in [0.29, 0.717) is 0 Å². The Morgan fingerprint density at radius 3 is 2.76 bits per heavy atom. The van der Waals surface area contributed by atoms with Crippen molar-refractivity contribution in [2.24, 2.45) is 5.73 Å². The molecular formula is C13H17N3S.